The van der Waals surface area contributed by atoms with Crippen LogP contribution in [0, 0.1) is 11.6 Å². The molecule has 3 aromatic carbocycles. The number of amides is 2. The fourth-order valence-electron chi connectivity index (χ4n) is 4.07. The predicted octanol–water partition coefficient (Wildman–Crippen LogP) is 4.94. The quantitative estimate of drug-likeness (QED) is 0.600. The van der Waals surface area contributed by atoms with E-state index in [0.29, 0.717) is 11.3 Å². The summed E-state index contributed by atoms with van der Waals surface area (Å²) >= 11 is 0. The van der Waals surface area contributed by atoms with Crippen LogP contribution in [0.3, 0.4) is 0 Å². The Bertz CT molecular complexity index is 1170. The van der Waals surface area contributed by atoms with Gasteiger partial charge in [-0.2, -0.15) is 0 Å². The minimum Gasteiger partial charge on any atom is -0.369 e. The van der Waals surface area contributed by atoms with Gasteiger partial charge in [0.1, 0.15) is 0 Å². The van der Waals surface area contributed by atoms with Gasteiger partial charge in [-0.1, -0.05) is 36.4 Å². The van der Waals surface area contributed by atoms with E-state index in [1.165, 1.54) is 12.1 Å². The Balaban J connectivity index is 1.44. The third kappa shape index (κ3) is 4.72. The molecule has 1 heterocycles. The summed E-state index contributed by atoms with van der Waals surface area (Å²) in [7, 11) is 1.81. The van der Waals surface area contributed by atoms with Gasteiger partial charge in [-0.15, -0.1) is 0 Å². The molecule has 0 saturated carbocycles. The van der Waals surface area contributed by atoms with E-state index in [4.69, 9.17) is 0 Å². The van der Waals surface area contributed by atoms with Crippen LogP contribution in [0.25, 0.3) is 11.1 Å². The van der Waals surface area contributed by atoms with Crippen molar-refractivity contribution in [2.45, 2.75) is 19.4 Å². The van der Waals surface area contributed by atoms with Crippen molar-refractivity contribution in [2.24, 2.45) is 0 Å². The number of carbonyl (C=O) groups excluding carboxylic acids is 2. The van der Waals surface area contributed by atoms with Gasteiger partial charge in [-0.3, -0.25) is 9.59 Å². The zero-order valence-electron chi connectivity index (χ0n) is 18.5. The third-order valence-corrected chi connectivity index (χ3v) is 6.11. The topological polar surface area (TPSA) is 52.7 Å². The van der Waals surface area contributed by atoms with E-state index in [9.17, 15) is 18.4 Å². The lowest BCUT2D eigenvalue weighted by molar-refractivity contribution is -0.129. The first kappa shape index (κ1) is 22.5. The minimum atomic E-state index is -1.18. The Morgan fingerprint density at radius 2 is 1.67 bits per heavy atom. The highest BCUT2D eigenvalue weighted by molar-refractivity contribution is 6.04. The summed E-state index contributed by atoms with van der Waals surface area (Å²) in [5.41, 5.74) is 1.73. The average molecular weight is 450 g/mol. The van der Waals surface area contributed by atoms with Crippen LogP contribution < -0.4 is 10.2 Å². The second-order valence-corrected chi connectivity index (χ2v) is 8.17. The van der Waals surface area contributed by atoms with E-state index < -0.39 is 17.5 Å². The minimum absolute atomic E-state index is 0.0420. The second-order valence-electron chi connectivity index (χ2n) is 8.17. The number of likely N-dealkylation sites (N-methyl/N-ethyl adjacent to an activating group) is 1. The molecule has 1 N–H and O–H groups in total. The van der Waals surface area contributed by atoms with Crippen molar-refractivity contribution in [3.05, 3.63) is 83.9 Å². The molecular formula is C26H25F2N3O2. The van der Waals surface area contributed by atoms with Gasteiger partial charge in [0, 0.05) is 44.0 Å². The van der Waals surface area contributed by atoms with Crippen molar-refractivity contribution in [3.63, 3.8) is 0 Å². The van der Waals surface area contributed by atoms with Crippen LogP contribution in [-0.4, -0.2) is 42.9 Å². The molecule has 0 spiro atoms. The van der Waals surface area contributed by atoms with E-state index in [0.717, 1.165) is 25.2 Å². The maximum absolute atomic E-state index is 14.7. The Labute approximate surface area is 191 Å². The van der Waals surface area contributed by atoms with Gasteiger partial charge >= 0.3 is 0 Å². The van der Waals surface area contributed by atoms with Gasteiger partial charge in [-0.25, -0.2) is 8.78 Å². The number of nitrogens with zero attached hydrogens (tertiary/aromatic N) is 2. The summed E-state index contributed by atoms with van der Waals surface area (Å²) in [6.45, 7) is 3.12. The smallest absolute Gasteiger partial charge is 0.258 e. The monoisotopic (exact) mass is 449 g/mol. The highest BCUT2D eigenvalue weighted by Gasteiger charge is 2.27. The molecule has 7 heteroatoms. The van der Waals surface area contributed by atoms with Gasteiger partial charge in [0.05, 0.1) is 11.6 Å². The van der Waals surface area contributed by atoms with Gasteiger partial charge in [0.2, 0.25) is 5.91 Å². The number of anilines is 2. The van der Waals surface area contributed by atoms with Crippen LogP contribution in [0.15, 0.2) is 66.7 Å². The summed E-state index contributed by atoms with van der Waals surface area (Å²) in [6, 6.07) is 18.7. The summed E-state index contributed by atoms with van der Waals surface area (Å²) in [5.74, 6) is -2.91. The Morgan fingerprint density at radius 1 is 0.970 bits per heavy atom. The lowest BCUT2D eigenvalue weighted by Crippen LogP contribution is -2.37. The lowest BCUT2D eigenvalue weighted by atomic mass is 10.0. The third-order valence-electron chi connectivity index (χ3n) is 6.11. The van der Waals surface area contributed by atoms with Crippen LogP contribution in [0.1, 0.15) is 23.7 Å². The zero-order valence-corrected chi connectivity index (χ0v) is 18.5. The second kappa shape index (κ2) is 9.40. The van der Waals surface area contributed by atoms with Crippen molar-refractivity contribution in [1.82, 2.24) is 4.90 Å². The number of rotatable bonds is 5. The molecular weight excluding hydrogens is 424 g/mol. The fraction of sp³-hybridized carbons (Fsp3) is 0.231. The summed E-state index contributed by atoms with van der Waals surface area (Å²) in [5, 5.41) is 2.63. The van der Waals surface area contributed by atoms with Crippen molar-refractivity contribution in [1.29, 1.82) is 0 Å². The number of carbonyl (C=O) groups is 2. The normalized spacial score (nSPS) is 15.4. The first-order valence-electron chi connectivity index (χ1n) is 10.8. The Kier molecular flexibility index (Phi) is 6.40. The molecule has 1 aliphatic rings. The highest BCUT2D eigenvalue weighted by Crippen LogP contribution is 2.28. The molecule has 5 nitrogen and oxygen atoms in total. The molecule has 1 aliphatic heterocycles. The van der Waals surface area contributed by atoms with Crippen molar-refractivity contribution < 1.29 is 18.4 Å². The molecule has 0 radical (unpaired) electrons. The molecule has 2 amide bonds. The van der Waals surface area contributed by atoms with Crippen LogP contribution in [0.2, 0.25) is 0 Å². The summed E-state index contributed by atoms with van der Waals surface area (Å²) in [6.07, 6.45) is 0.887. The van der Waals surface area contributed by atoms with E-state index in [1.807, 2.05) is 19.2 Å². The van der Waals surface area contributed by atoms with E-state index >= 15 is 0 Å². The van der Waals surface area contributed by atoms with E-state index in [1.54, 1.807) is 54.3 Å². The number of benzene rings is 3. The fourth-order valence-corrected chi connectivity index (χ4v) is 4.07. The maximum atomic E-state index is 14.7. The first-order valence-corrected chi connectivity index (χ1v) is 10.8. The zero-order chi connectivity index (χ0) is 23.5. The average Bonchev–Trinajstić information content (AvgIpc) is 3.31. The molecule has 0 aliphatic carbocycles. The molecule has 1 saturated heterocycles. The SMILES string of the molecule is CC(=O)N(C)C1CCN(c2ccc(NC(=O)c3ccc(-c4ccccc4)c(F)c3F)cc2)C1. The van der Waals surface area contributed by atoms with E-state index in [-0.39, 0.29) is 23.1 Å². The molecule has 1 unspecified atom stereocenters. The van der Waals surface area contributed by atoms with Crippen molar-refractivity contribution in [2.75, 3.05) is 30.4 Å². The number of hydrogen-bond acceptors (Lipinski definition) is 3. The summed E-state index contributed by atoms with van der Waals surface area (Å²) in [4.78, 5) is 28.1. The van der Waals surface area contributed by atoms with E-state index in [2.05, 4.69) is 10.2 Å². The van der Waals surface area contributed by atoms with Crippen LogP contribution in [0.5, 0.6) is 0 Å². The largest absolute Gasteiger partial charge is 0.369 e. The lowest BCUT2D eigenvalue weighted by Gasteiger charge is -2.24. The molecule has 4 rings (SSSR count). The molecule has 1 fully saturated rings. The van der Waals surface area contributed by atoms with Gasteiger partial charge in [0.15, 0.2) is 11.6 Å². The summed E-state index contributed by atoms with van der Waals surface area (Å²) < 4.78 is 29.3. The standard InChI is InChI=1S/C26H25F2N3O2/c1-17(32)30(2)21-14-15-31(16-21)20-10-8-19(9-11-20)29-26(33)23-13-12-22(24(27)25(23)28)18-6-4-3-5-7-18/h3-13,21H,14-16H2,1-2H3,(H,29,33). The molecule has 33 heavy (non-hydrogen) atoms. The van der Waals surface area contributed by atoms with Gasteiger partial charge in [0.25, 0.3) is 5.91 Å². The molecule has 0 bridgehead atoms. The van der Waals surface area contributed by atoms with Crippen LogP contribution >= 0.6 is 0 Å². The molecule has 3 aromatic rings. The van der Waals surface area contributed by atoms with Crippen molar-refractivity contribution >= 4 is 23.2 Å². The predicted molar refractivity (Wildman–Crippen MR) is 125 cm³/mol. The van der Waals surface area contributed by atoms with Crippen LogP contribution in [0.4, 0.5) is 20.2 Å². The van der Waals surface area contributed by atoms with Gasteiger partial charge in [-0.05, 0) is 42.3 Å². The van der Waals surface area contributed by atoms with Gasteiger partial charge < -0.3 is 15.1 Å². The Hall–Kier alpha value is -3.74. The number of halogens is 2. The number of nitrogens with one attached hydrogen (secondary N) is 1. The highest BCUT2D eigenvalue weighted by atomic mass is 19.2. The molecule has 0 aromatic heterocycles. The first-order chi connectivity index (χ1) is 15.8. The van der Waals surface area contributed by atoms with Crippen molar-refractivity contribution in [3.8, 4) is 11.1 Å². The Morgan fingerprint density at radius 3 is 2.33 bits per heavy atom. The molecule has 1 atom stereocenters. The van der Waals surface area contributed by atoms with Crippen LogP contribution in [-0.2, 0) is 4.79 Å². The maximum Gasteiger partial charge on any atom is 0.258 e. The number of hydrogen-bond donors (Lipinski definition) is 1. The molecule has 170 valence electrons.